The van der Waals surface area contributed by atoms with E-state index in [4.69, 9.17) is 16.3 Å². The number of halogens is 1. The van der Waals surface area contributed by atoms with Crippen LogP contribution in [0.25, 0.3) is 4.96 Å². The number of carbonyl (C=O) groups is 3. The Kier molecular flexibility index (Phi) is 5.14. The third-order valence-corrected chi connectivity index (χ3v) is 3.81. The number of aromatic nitrogens is 2. The first-order valence-electron chi connectivity index (χ1n) is 7.03. The van der Waals surface area contributed by atoms with Gasteiger partial charge in [0.25, 0.3) is 5.91 Å². The number of carbonyl (C=O) groups excluding carboxylic acids is 3. The minimum Gasteiger partial charge on any atom is -0.448 e. The van der Waals surface area contributed by atoms with E-state index in [1.165, 1.54) is 22.7 Å². The van der Waals surface area contributed by atoms with Crippen LogP contribution < -0.4 is 10.6 Å². The zero-order valence-electron chi connectivity index (χ0n) is 13.5. The second kappa shape index (κ2) is 6.78. The zero-order chi connectivity index (χ0) is 18.1. The van der Waals surface area contributed by atoms with Crippen molar-refractivity contribution in [3.8, 4) is 0 Å². The average molecular weight is 373 g/mol. The minimum atomic E-state index is -1.18. The smallest absolute Gasteiger partial charge is 0.359 e. The van der Waals surface area contributed by atoms with Crippen molar-refractivity contribution < 1.29 is 19.1 Å². The summed E-state index contributed by atoms with van der Waals surface area (Å²) in [5.41, 5.74) is -0.466. The number of imide groups is 1. The fourth-order valence-electron chi connectivity index (χ4n) is 1.80. The number of rotatable bonds is 3. The van der Waals surface area contributed by atoms with Crippen LogP contribution in [0.4, 0.5) is 4.79 Å². The lowest BCUT2D eigenvalue weighted by molar-refractivity contribution is -0.127. The second-order valence-corrected chi connectivity index (χ2v) is 7.28. The first-order valence-corrected chi connectivity index (χ1v) is 8.29. The van der Waals surface area contributed by atoms with Gasteiger partial charge in [0.1, 0.15) is 0 Å². The predicted octanol–water partition coefficient (Wildman–Crippen LogP) is 2.22. The maximum Gasteiger partial charge on any atom is 0.359 e. The molecular formula is C14H17ClN4O4S. The summed E-state index contributed by atoms with van der Waals surface area (Å²) >= 11 is 7.24. The molecular weight excluding hydrogens is 356 g/mol. The molecule has 2 rings (SSSR count). The number of ether oxygens (including phenoxy) is 1. The minimum absolute atomic E-state index is 0.00932. The van der Waals surface area contributed by atoms with Crippen LogP contribution in [0.5, 0.6) is 0 Å². The maximum atomic E-state index is 12.2. The Labute approximate surface area is 147 Å². The molecule has 130 valence electrons. The summed E-state index contributed by atoms with van der Waals surface area (Å²) in [4.78, 5) is 40.4. The molecule has 8 nitrogen and oxygen atoms in total. The lowest BCUT2D eigenvalue weighted by Gasteiger charge is -2.21. The van der Waals surface area contributed by atoms with Crippen LogP contribution in [0.15, 0.2) is 11.6 Å². The number of amides is 3. The van der Waals surface area contributed by atoms with Gasteiger partial charge < -0.3 is 10.1 Å². The number of nitrogens with one attached hydrogen (secondary N) is 2. The van der Waals surface area contributed by atoms with Gasteiger partial charge in [0, 0.05) is 17.1 Å². The van der Waals surface area contributed by atoms with Gasteiger partial charge in [-0.25, -0.2) is 14.6 Å². The van der Waals surface area contributed by atoms with E-state index in [0.717, 1.165) is 0 Å². The number of imidazole rings is 1. The largest absolute Gasteiger partial charge is 0.448 e. The Morgan fingerprint density at radius 3 is 2.67 bits per heavy atom. The van der Waals surface area contributed by atoms with E-state index in [9.17, 15) is 14.4 Å². The van der Waals surface area contributed by atoms with Crippen molar-refractivity contribution in [1.29, 1.82) is 0 Å². The first-order chi connectivity index (χ1) is 11.1. The monoisotopic (exact) mass is 372 g/mol. The molecule has 10 heteroatoms. The van der Waals surface area contributed by atoms with E-state index in [0.29, 0.717) is 4.96 Å². The molecule has 0 fully saturated rings. The standard InChI is InChI=1S/C14H17ClN4O4S/c1-7(10(20)17-12(22)18-14(2,3)4)23-11(21)8-9(15)16-13-19(8)5-6-24-13/h5-7H,1-4H3,(H2,17,18,20,22)/t7-/m0/s1. The van der Waals surface area contributed by atoms with E-state index in [-0.39, 0.29) is 10.8 Å². The van der Waals surface area contributed by atoms with Crippen molar-refractivity contribution in [1.82, 2.24) is 20.0 Å². The van der Waals surface area contributed by atoms with Crippen LogP contribution in [0.1, 0.15) is 38.2 Å². The molecule has 2 heterocycles. The molecule has 0 aliphatic heterocycles. The lowest BCUT2D eigenvalue weighted by atomic mass is 10.1. The fourth-order valence-corrected chi connectivity index (χ4v) is 2.81. The van der Waals surface area contributed by atoms with Gasteiger partial charge in [-0.15, -0.1) is 11.3 Å². The van der Waals surface area contributed by atoms with E-state index in [1.54, 1.807) is 32.3 Å². The molecule has 0 saturated heterocycles. The summed E-state index contributed by atoms with van der Waals surface area (Å²) in [7, 11) is 0. The van der Waals surface area contributed by atoms with Crippen LogP contribution >= 0.6 is 22.9 Å². The fraction of sp³-hybridized carbons (Fsp3) is 0.429. The maximum absolute atomic E-state index is 12.2. The van der Waals surface area contributed by atoms with E-state index in [2.05, 4.69) is 15.6 Å². The van der Waals surface area contributed by atoms with Gasteiger partial charge in [-0.3, -0.25) is 14.5 Å². The molecule has 0 aliphatic rings. The SMILES string of the molecule is C[C@H](OC(=O)c1c(Cl)nc2sccn12)C(=O)NC(=O)NC(C)(C)C. The van der Waals surface area contributed by atoms with Gasteiger partial charge in [0.2, 0.25) is 0 Å². The number of hydrogen-bond acceptors (Lipinski definition) is 6. The number of nitrogens with zero attached hydrogens (tertiary/aromatic N) is 2. The molecule has 24 heavy (non-hydrogen) atoms. The Hall–Kier alpha value is -2.13. The summed E-state index contributed by atoms with van der Waals surface area (Å²) < 4.78 is 6.55. The summed E-state index contributed by atoms with van der Waals surface area (Å²) in [5.74, 6) is -1.54. The van der Waals surface area contributed by atoms with Gasteiger partial charge in [-0.2, -0.15) is 0 Å². The Morgan fingerprint density at radius 2 is 2.04 bits per heavy atom. The van der Waals surface area contributed by atoms with Crippen LogP contribution in [-0.4, -0.2) is 38.9 Å². The number of esters is 1. The van der Waals surface area contributed by atoms with Gasteiger partial charge in [-0.1, -0.05) is 11.6 Å². The molecule has 0 saturated carbocycles. The zero-order valence-corrected chi connectivity index (χ0v) is 15.1. The highest BCUT2D eigenvalue weighted by atomic mass is 35.5. The molecule has 0 aliphatic carbocycles. The molecule has 0 aromatic carbocycles. The third kappa shape index (κ3) is 4.24. The van der Waals surface area contributed by atoms with Crippen LogP contribution in [0, 0.1) is 0 Å². The topological polar surface area (TPSA) is 102 Å². The summed E-state index contributed by atoms with van der Waals surface area (Å²) in [6.07, 6.45) is 0.445. The number of hydrogen-bond donors (Lipinski definition) is 2. The van der Waals surface area contributed by atoms with Gasteiger partial charge >= 0.3 is 12.0 Å². The van der Waals surface area contributed by atoms with Crippen molar-refractivity contribution in [3.05, 3.63) is 22.4 Å². The summed E-state index contributed by atoms with van der Waals surface area (Å²) in [5, 5.41) is 6.41. The molecule has 3 amide bonds. The highest BCUT2D eigenvalue weighted by molar-refractivity contribution is 7.15. The molecule has 0 radical (unpaired) electrons. The Balaban J connectivity index is 2.01. The molecule has 2 aromatic heterocycles. The van der Waals surface area contributed by atoms with Crippen molar-refractivity contribution >= 4 is 45.8 Å². The lowest BCUT2D eigenvalue weighted by Crippen LogP contribution is -2.50. The van der Waals surface area contributed by atoms with Gasteiger partial charge in [0.15, 0.2) is 21.9 Å². The van der Waals surface area contributed by atoms with E-state index >= 15 is 0 Å². The average Bonchev–Trinajstić information content (AvgIpc) is 2.95. The molecule has 0 spiro atoms. The van der Waals surface area contributed by atoms with E-state index in [1.807, 2.05) is 0 Å². The van der Waals surface area contributed by atoms with Crippen molar-refractivity contribution in [2.24, 2.45) is 0 Å². The highest BCUT2D eigenvalue weighted by Crippen LogP contribution is 2.22. The molecule has 0 unspecified atom stereocenters. The summed E-state index contributed by atoms with van der Waals surface area (Å²) in [6, 6.07) is -0.669. The van der Waals surface area contributed by atoms with Gasteiger partial charge in [0.05, 0.1) is 0 Å². The first kappa shape index (κ1) is 18.2. The number of urea groups is 1. The van der Waals surface area contributed by atoms with E-state index < -0.39 is 29.6 Å². The highest BCUT2D eigenvalue weighted by Gasteiger charge is 2.26. The Bertz CT molecular complexity index is 792. The Morgan fingerprint density at radius 1 is 1.38 bits per heavy atom. The molecule has 0 bridgehead atoms. The molecule has 2 N–H and O–H groups in total. The van der Waals surface area contributed by atoms with Crippen molar-refractivity contribution in [2.75, 3.05) is 0 Å². The van der Waals surface area contributed by atoms with Gasteiger partial charge in [-0.05, 0) is 27.7 Å². The van der Waals surface area contributed by atoms with Crippen LogP contribution in [0.3, 0.4) is 0 Å². The third-order valence-electron chi connectivity index (χ3n) is 2.79. The van der Waals surface area contributed by atoms with Crippen molar-refractivity contribution in [3.63, 3.8) is 0 Å². The quantitative estimate of drug-likeness (QED) is 0.804. The van der Waals surface area contributed by atoms with Crippen molar-refractivity contribution in [2.45, 2.75) is 39.3 Å². The predicted molar refractivity (Wildman–Crippen MR) is 89.4 cm³/mol. The molecule has 2 aromatic rings. The molecule has 1 atom stereocenters. The number of fused-ring (bicyclic) bond motifs is 1. The number of thiazole rings is 1. The van der Waals surface area contributed by atoms with Crippen LogP contribution in [-0.2, 0) is 9.53 Å². The normalized spacial score (nSPS) is 12.7. The second-order valence-electron chi connectivity index (χ2n) is 6.05. The summed E-state index contributed by atoms with van der Waals surface area (Å²) in [6.45, 7) is 6.67. The van der Waals surface area contributed by atoms with Crippen LogP contribution in [0.2, 0.25) is 5.15 Å².